The molecule has 1 aliphatic rings. The number of halogens is 1. The van der Waals surface area contributed by atoms with Gasteiger partial charge in [0.05, 0.1) is 6.04 Å². The molecule has 96 valence electrons. The van der Waals surface area contributed by atoms with Gasteiger partial charge >= 0.3 is 0 Å². The molecule has 4 heteroatoms. The Morgan fingerprint density at radius 2 is 2.06 bits per heavy atom. The second-order valence-electron chi connectivity index (χ2n) is 5.88. The SMILES string of the molecule is C[C@@H](N)C(=O)N1CCCC1CC(C)(C)C.Cl. The minimum absolute atomic E-state index is 0. The lowest BCUT2D eigenvalue weighted by Crippen LogP contribution is -2.45. The molecule has 1 rings (SSSR count). The quantitative estimate of drug-likeness (QED) is 0.814. The van der Waals surface area contributed by atoms with E-state index in [0.717, 1.165) is 25.8 Å². The van der Waals surface area contributed by atoms with Crippen LogP contribution in [0.25, 0.3) is 0 Å². The van der Waals surface area contributed by atoms with E-state index in [9.17, 15) is 4.79 Å². The third-order valence-corrected chi connectivity index (χ3v) is 2.90. The summed E-state index contributed by atoms with van der Waals surface area (Å²) < 4.78 is 0. The first-order valence-electron chi connectivity index (χ1n) is 5.87. The van der Waals surface area contributed by atoms with Crippen molar-refractivity contribution in [2.45, 2.75) is 59.0 Å². The Balaban J connectivity index is 0.00000225. The molecule has 1 aliphatic heterocycles. The highest BCUT2D eigenvalue weighted by Crippen LogP contribution is 2.29. The van der Waals surface area contributed by atoms with Crippen LogP contribution in [0.2, 0.25) is 0 Å². The van der Waals surface area contributed by atoms with Crippen LogP contribution in [0, 0.1) is 5.41 Å². The Morgan fingerprint density at radius 3 is 2.50 bits per heavy atom. The number of amides is 1. The van der Waals surface area contributed by atoms with Gasteiger partial charge < -0.3 is 10.6 Å². The summed E-state index contributed by atoms with van der Waals surface area (Å²) in [5, 5.41) is 0. The van der Waals surface area contributed by atoms with Crippen LogP contribution in [0.15, 0.2) is 0 Å². The van der Waals surface area contributed by atoms with Gasteiger partial charge in [0, 0.05) is 12.6 Å². The summed E-state index contributed by atoms with van der Waals surface area (Å²) in [5.74, 6) is 0.113. The van der Waals surface area contributed by atoms with E-state index in [1.165, 1.54) is 0 Å². The van der Waals surface area contributed by atoms with Crippen molar-refractivity contribution in [3.05, 3.63) is 0 Å². The van der Waals surface area contributed by atoms with Gasteiger partial charge in [-0.25, -0.2) is 0 Å². The van der Waals surface area contributed by atoms with Gasteiger partial charge in [-0.3, -0.25) is 4.79 Å². The van der Waals surface area contributed by atoms with Gasteiger partial charge in [-0.1, -0.05) is 20.8 Å². The highest BCUT2D eigenvalue weighted by Gasteiger charge is 2.32. The van der Waals surface area contributed by atoms with E-state index in [1.54, 1.807) is 6.92 Å². The van der Waals surface area contributed by atoms with E-state index in [-0.39, 0.29) is 29.8 Å². The normalized spacial score (nSPS) is 22.8. The van der Waals surface area contributed by atoms with Crippen LogP contribution in [0.5, 0.6) is 0 Å². The summed E-state index contributed by atoms with van der Waals surface area (Å²) in [5.41, 5.74) is 5.93. The monoisotopic (exact) mass is 248 g/mol. The molecule has 1 heterocycles. The average molecular weight is 249 g/mol. The van der Waals surface area contributed by atoms with Crippen molar-refractivity contribution in [2.24, 2.45) is 11.1 Å². The standard InChI is InChI=1S/C12H24N2O.ClH/c1-9(13)11(15)14-7-5-6-10(14)8-12(2,3)4;/h9-10H,5-8,13H2,1-4H3;1H/t9-,10?;/m1./s1. The second kappa shape index (κ2) is 5.87. The molecule has 0 aromatic heterocycles. The van der Waals surface area contributed by atoms with Gasteiger partial charge in [-0.05, 0) is 31.6 Å². The molecule has 2 N–H and O–H groups in total. The van der Waals surface area contributed by atoms with Crippen LogP contribution < -0.4 is 5.73 Å². The zero-order chi connectivity index (χ0) is 11.6. The maximum Gasteiger partial charge on any atom is 0.239 e. The molecular formula is C12H25ClN2O. The Bertz CT molecular complexity index is 236. The van der Waals surface area contributed by atoms with Gasteiger partial charge in [0.2, 0.25) is 5.91 Å². The maximum atomic E-state index is 11.8. The van der Waals surface area contributed by atoms with Crippen LogP contribution in [0.3, 0.4) is 0 Å². The largest absolute Gasteiger partial charge is 0.338 e. The highest BCUT2D eigenvalue weighted by atomic mass is 35.5. The molecule has 0 radical (unpaired) electrons. The number of hydrogen-bond acceptors (Lipinski definition) is 2. The molecule has 0 aromatic carbocycles. The zero-order valence-electron chi connectivity index (χ0n) is 10.8. The maximum absolute atomic E-state index is 11.8. The zero-order valence-corrected chi connectivity index (χ0v) is 11.6. The molecule has 1 amide bonds. The average Bonchev–Trinajstić information content (AvgIpc) is 2.47. The third-order valence-electron chi connectivity index (χ3n) is 2.90. The summed E-state index contributed by atoms with van der Waals surface area (Å²) in [6, 6.07) is 0.0501. The number of hydrogen-bond donors (Lipinski definition) is 1. The summed E-state index contributed by atoms with van der Waals surface area (Å²) in [7, 11) is 0. The lowest BCUT2D eigenvalue weighted by Gasteiger charge is -2.31. The summed E-state index contributed by atoms with van der Waals surface area (Å²) in [4.78, 5) is 13.8. The van der Waals surface area contributed by atoms with Crippen molar-refractivity contribution >= 4 is 18.3 Å². The first-order valence-corrected chi connectivity index (χ1v) is 5.87. The minimum atomic E-state index is -0.356. The van der Waals surface area contributed by atoms with E-state index < -0.39 is 0 Å². The van der Waals surface area contributed by atoms with E-state index in [4.69, 9.17) is 5.73 Å². The van der Waals surface area contributed by atoms with E-state index in [0.29, 0.717) is 6.04 Å². The van der Waals surface area contributed by atoms with Crippen molar-refractivity contribution in [1.29, 1.82) is 0 Å². The number of nitrogens with zero attached hydrogens (tertiary/aromatic N) is 1. The molecular weight excluding hydrogens is 224 g/mol. The summed E-state index contributed by atoms with van der Waals surface area (Å²) >= 11 is 0. The minimum Gasteiger partial charge on any atom is -0.338 e. The van der Waals surface area contributed by atoms with Crippen molar-refractivity contribution in [3.8, 4) is 0 Å². The summed E-state index contributed by atoms with van der Waals surface area (Å²) in [6.07, 6.45) is 3.33. The Kier molecular flexibility index (Phi) is 5.77. The van der Waals surface area contributed by atoms with Crippen LogP contribution in [0.1, 0.15) is 47.0 Å². The first-order chi connectivity index (χ1) is 6.81. The van der Waals surface area contributed by atoms with Gasteiger partial charge in [0.15, 0.2) is 0 Å². The predicted molar refractivity (Wildman–Crippen MR) is 69.7 cm³/mol. The van der Waals surface area contributed by atoms with Crippen LogP contribution in [-0.2, 0) is 4.79 Å². The van der Waals surface area contributed by atoms with E-state index >= 15 is 0 Å². The molecule has 0 saturated carbocycles. The summed E-state index contributed by atoms with van der Waals surface area (Å²) in [6.45, 7) is 9.33. The van der Waals surface area contributed by atoms with Crippen LogP contribution >= 0.6 is 12.4 Å². The van der Waals surface area contributed by atoms with Gasteiger partial charge in [-0.2, -0.15) is 0 Å². The van der Waals surface area contributed by atoms with Crippen molar-refractivity contribution in [3.63, 3.8) is 0 Å². The lowest BCUT2D eigenvalue weighted by molar-refractivity contribution is -0.133. The number of carbonyl (C=O) groups excluding carboxylic acids is 1. The molecule has 3 nitrogen and oxygen atoms in total. The molecule has 1 fully saturated rings. The fraction of sp³-hybridized carbons (Fsp3) is 0.917. The van der Waals surface area contributed by atoms with E-state index in [1.807, 2.05) is 4.90 Å². The van der Waals surface area contributed by atoms with Crippen LogP contribution in [0.4, 0.5) is 0 Å². The predicted octanol–water partition coefficient (Wildman–Crippen LogP) is 2.18. The topological polar surface area (TPSA) is 46.3 Å². The highest BCUT2D eigenvalue weighted by molar-refractivity contribution is 5.85. The Labute approximate surface area is 105 Å². The van der Waals surface area contributed by atoms with Crippen molar-refractivity contribution < 1.29 is 4.79 Å². The van der Waals surface area contributed by atoms with Crippen LogP contribution in [-0.4, -0.2) is 29.4 Å². The van der Waals surface area contributed by atoms with Gasteiger partial charge in [-0.15, -0.1) is 12.4 Å². The molecule has 1 saturated heterocycles. The number of likely N-dealkylation sites (tertiary alicyclic amines) is 1. The molecule has 0 bridgehead atoms. The molecule has 0 spiro atoms. The molecule has 1 unspecified atom stereocenters. The number of nitrogens with two attached hydrogens (primary N) is 1. The third kappa shape index (κ3) is 4.30. The number of rotatable bonds is 2. The lowest BCUT2D eigenvalue weighted by atomic mass is 9.87. The first kappa shape index (κ1) is 15.7. The van der Waals surface area contributed by atoms with Gasteiger partial charge in [0.25, 0.3) is 0 Å². The van der Waals surface area contributed by atoms with Crippen molar-refractivity contribution in [2.75, 3.05) is 6.54 Å². The number of carbonyl (C=O) groups is 1. The smallest absolute Gasteiger partial charge is 0.239 e. The molecule has 2 atom stereocenters. The molecule has 16 heavy (non-hydrogen) atoms. The fourth-order valence-corrected chi connectivity index (χ4v) is 2.31. The second-order valence-corrected chi connectivity index (χ2v) is 5.88. The van der Waals surface area contributed by atoms with E-state index in [2.05, 4.69) is 20.8 Å². The fourth-order valence-electron chi connectivity index (χ4n) is 2.31. The molecule has 0 aromatic rings. The van der Waals surface area contributed by atoms with Crippen molar-refractivity contribution in [1.82, 2.24) is 4.90 Å². The Morgan fingerprint density at radius 1 is 1.50 bits per heavy atom. The Hall–Kier alpha value is -0.280. The van der Waals surface area contributed by atoms with Gasteiger partial charge in [0.1, 0.15) is 0 Å². The molecule has 0 aliphatic carbocycles.